The molecule has 2 aromatic heterocycles. The Morgan fingerprint density at radius 1 is 1.13 bits per heavy atom. The first-order valence-electron chi connectivity index (χ1n) is 16.5. The van der Waals surface area contributed by atoms with Gasteiger partial charge >= 0.3 is 13.7 Å². The van der Waals surface area contributed by atoms with E-state index in [1.165, 1.54) is 36.7 Å². The Morgan fingerprint density at radius 2 is 1.87 bits per heavy atom. The zero-order valence-electron chi connectivity index (χ0n) is 29.0. The van der Waals surface area contributed by atoms with Crippen LogP contribution >= 0.6 is 19.5 Å². The van der Waals surface area contributed by atoms with Gasteiger partial charge in [0.1, 0.15) is 35.7 Å². The molecule has 0 amide bonds. The highest BCUT2D eigenvalue weighted by molar-refractivity contribution is 7.98. The highest BCUT2D eigenvalue weighted by Gasteiger charge is 2.54. The minimum absolute atomic E-state index is 0.102. The maximum absolute atomic E-state index is 14.8. The maximum atomic E-state index is 14.8. The summed E-state index contributed by atoms with van der Waals surface area (Å²) in [7, 11) is -3.07. The van der Waals surface area contributed by atoms with Crippen LogP contribution in [0.1, 0.15) is 38.2 Å². The SMILES string of the molecule is COc1nc(N)nc2c1ncn2C1O[C@H](COP(=O)(NC(CCSC)C(=O)O[C@@H](C)c2ccccc2)Oc2cccc3ccccc23)[C@@H](O)[C@@]1(C)O. The molecule has 1 aliphatic rings. The standard InChI is InChI=1S/C35H41N6O9PS/c1-21(22-11-6-5-7-12-22)48-32(43)25(17-18-52-4)40-51(45,50-26-16-10-14-23-13-8-9-15-24(23)26)47-19-27-29(42)35(2,44)33(49-27)41-20-37-28-30(41)38-34(36)39-31(28)46-3/h5-16,20-21,25,27,29,33,42,44H,17-19H2,1-4H3,(H,40,45)(H2,36,38,39)/t21-,25?,27+,29+,33?,35+,51?/m0/s1. The number of imidazole rings is 1. The summed E-state index contributed by atoms with van der Waals surface area (Å²) in [5.74, 6) is 0.115. The zero-order valence-corrected chi connectivity index (χ0v) is 30.7. The summed E-state index contributed by atoms with van der Waals surface area (Å²) < 4.78 is 45.7. The van der Waals surface area contributed by atoms with Crippen molar-refractivity contribution in [3.8, 4) is 11.6 Å². The average Bonchev–Trinajstić information content (AvgIpc) is 3.65. The van der Waals surface area contributed by atoms with Crippen LogP contribution in [0.4, 0.5) is 5.95 Å². The quantitative estimate of drug-likeness (QED) is 0.0838. The second-order valence-corrected chi connectivity index (χ2v) is 15.1. The molecule has 1 saturated heterocycles. The lowest BCUT2D eigenvalue weighted by molar-refractivity contribution is -0.150. The predicted octanol–water partition coefficient (Wildman–Crippen LogP) is 4.80. The number of esters is 1. The number of rotatable bonds is 15. The van der Waals surface area contributed by atoms with Crippen molar-refractivity contribution in [1.82, 2.24) is 24.6 Å². The number of aromatic nitrogens is 4. The molecule has 6 rings (SSSR count). The topological polar surface area (TPSA) is 202 Å². The van der Waals surface area contributed by atoms with Gasteiger partial charge in [0, 0.05) is 5.39 Å². The number of hydrogen-bond acceptors (Lipinski definition) is 14. The molecule has 0 bridgehead atoms. The summed E-state index contributed by atoms with van der Waals surface area (Å²) in [5, 5.41) is 27.2. The molecule has 1 aliphatic heterocycles. The first-order chi connectivity index (χ1) is 24.9. The third-order valence-electron chi connectivity index (χ3n) is 8.76. The first-order valence-corrected chi connectivity index (χ1v) is 19.4. The number of aliphatic hydroxyl groups excluding tert-OH is 1. The first kappa shape index (κ1) is 37.5. The molecule has 52 heavy (non-hydrogen) atoms. The highest BCUT2D eigenvalue weighted by atomic mass is 32.2. The molecule has 3 heterocycles. The Morgan fingerprint density at radius 3 is 2.62 bits per heavy atom. The molecule has 3 unspecified atom stereocenters. The molecule has 276 valence electrons. The minimum Gasteiger partial charge on any atom is -0.479 e. The Hall–Kier alpha value is -4.28. The molecule has 0 spiro atoms. The van der Waals surface area contributed by atoms with Gasteiger partial charge in [0.05, 0.1) is 20.0 Å². The molecule has 1 fully saturated rings. The van der Waals surface area contributed by atoms with E-state index in [2.05, 4.69) is 20.0 Å². The fourth-order valence-corrected chi connectivity index (χ4v) is 8.00. The molecule has 5 N–H and O–H groups in total. The van der Waals surface area contributed by atoms with E-state index in [4.69, 9.17) is 29.0 Å². The van der Waals surface area contributed by atoms with E-state index < -0.39 is 56.5 Å². The third-order valence-corrected chi connectivity index (χ3v) is 11.0. The van der Waals surface area contributed by atoms with Crippen LogP contribution in [0, 0.1) is 0 Å². The van der Waals surface area contributed by atoms with Crippen LogP contribution in [0.5, 0.6) is 11.6 Å². The van der Waals surface area contributed by atoms with Gasteiger partial charge in [-0.15, -0.1) is 0 Å². The fraction of sp³-hybridized carbons (Fsp3) is 0.371. The van der Waals surface area contributed by atoms with Crippen LogP contribution in [0.25, 0.3) is 21.9 Å². The number of ether oxygens (including phenoxy) is 3. The lowest BCUT2D eigenvalue weighted by atomic mass is 9.96. The van der Waals surface area contributed by atoms with Crippen molar-refractivity contribution < 1.29 is 42.8 Å². The van der Waals surface area contributed by atoms with Gasteiger partial charge in [0.15, 0.2) is 17.4 Å². The maximum Gasteiger partial charge on any atom is 0.459 e. The van der Waals surface area contributed by atoms with Crippen molar-refractivity contribution >= 4 is 53.4 Å². The van der Waals surface area contributed by atoms with Gasteiger partial charge in [-0.2, -0.15) is 26.8 Å². The number of nitrogens with two attached hydrogens (primary N) is 1. The van der Waals surface area contributed by atoms with E-state index in [1.54, 1.807) is 19.1 Å². The van der Waals surface area contributed by atoms with Gasteiger partial charge in [-0.1, -0.05) is 66.7 Å². The number of nitrogens with one attached hydrogen (secondary N) is 1. The van der Waals surface area contributed by atoms with E-state index in [0.717, 1.165) is 10.9 Å². The van der Waals surface area contributed by atoms with E-state index in [9.17, 15) is 19.6 Å². The second kappa shape index (κ2) is 15.8. The molecule has 3 aromatic carbocycles. The second-order valence-electron chi connectivity index (χ2n) is 12.4. The molecule has 0 radical (unpaired) electrons. The van der Waals surface area contributed by atoms with Gasteiger partial charge in [0.2, 0.25) is 11.8 Å². The number of anilines is 1. The van der Waals surface area contributed by atoms with Crippen LogP contribution in [0.2, 0.25) is 0 Å². The number of nitrogens with zero attached hydrogens (tertiary/aromatic N) is 4. The number of carbonyl (C=O) groups is 1. The number of benzene rings is 3. The van der Waals surface area contributed by atoms with Crippen molar-refractivity contribution in [2.24, 2.45) is 0 Å². The van der Waals surface area contributed by atoms with E-state index in [-0.39, 0.29) is 35.2 Å². The van der Waals surface area contributed by atoms with Gasteiger partial charge in [-0.05, 0) is 49.3 Å². The van der Waals surface area contributed by atoms with Crippen molar-refractivity contribution in [3.63, 3.8) is 0 Å². The summed E-state index contributed by atoms with van der Waals surface area (Å²) >= 11 is 1.50. The van der Waals surface area contributed by atoms with E-state index >= 15 is 0 Å². The summed E-state index contributed by atoms with van der Waals surface area (Å²) in [5.41, 5.74) is 5.21. The van der Waals surface area contributed by atoms with E-state index in [0.29, 0.717) is 11.1 Å². The number of aliphatic hydroxyl groups is 2. The highest BCUT2D eigenvalue weighted by Crippen LogP contribution is 2.49. The van der Waals surface area contributed by atoms with Gasteiger partial charge in [-0.3, -0.25) is 13.9 Å². The summed E-state index contributed by atoms with van der Waals surface area (Å²) in [6.45, 7) is 2.60. The largest absolute Gasteiger partial charge is 0.479 e. The van der Waals surface area contributed by atoms with Crippen molar-refractivity contribution in [1.29, 1.82) is 0 Å². The molecule has 5 aromatic rings. The minimum atomic E-state index is -4.47. The fourth-order valence-electron chi connectivity index (χ4n) is 5.97. The Bertz CT molecular complexity index is 2060. The molecule has 17 heteroatoms. The summed E-state index contributed by atoms with van der Waals surface area (Å²) in [6, 6.07) is 20.8. The number of carbonyl (C=O) groups excluding carboxylic acids is 1. The molecule has 15 nitrogen and oxygen atoms in total. The van der Waals surface area contributed by atoms with Crippen molar-refractivity contribution in [3.05, 3.63) is 84.7 Å². The Labute approximate surface area is 304 Å². The normalized spacial score (nSPS) is 22.5. The van der Waals surface area contributed by atoms with Crippen LogP contribution in [-0.2, 0) is 23.4 Å². The Kier molecular flexibility index (Phi) is 11.4. The predicted molar refractivity (Wildman–Crippen MR) is 196 cm³/mol. The molecule has 0 aliphatic carbocycles. The van der Waals surface area contributed by atoms with Gasteiger partial charge in [-0.25, -0.2) is 9.55 Å². The smallest absolute Gasteiger partial charge is 0.459 e. The molecular weight excluding hydrogens is 711 g/mol. The van der Waals surface area contributed by atoms with Gasteiger partial charge < -0.3 is 34.7 Å². The van der Waals surface area contributed by atoms with Crippen LogP contribution in [-0.4, -0.2) is 85.3 Å². The number of thioether (sulfide) groups is 1. The number of methoxy groups -OCH3 is 1. The average molecular weight is 753 g/mol. The molecule has 0 saturated carbocycles. The van der Waals surface area contributed by atoms with Crippen LogP contribution in [0.15, 0.2) is 79.1 Å². The number of fused-ring (bicyclic) bond motifs is 2. The monoisotopic (exact) mass is 752 g/mol. The Balaban J connectivity index is 1.28. The van der Waals surface area contributed by atoms with Gasteiger partial charge in [0.25, 0.3) is 0 Å². The lowest BCUT2D eigenvalue weighted by Gasteiger charge is -2.28. The van der Waals surface area contributed by atoms with Crippen LogP contribution < -0.4 is 20.1 Å². The number of hydrogen-bond donors (Lipinski definition) is 4. The lowest BCUT2D eigenvalue weighted by Crippen LogP contribution is -2.44. The zero-order chi connectivity index (χ0) is 37.0. The summed E-state index contributed by atoms with van der Waals surface area (Å²) in [4.78, 5) is 26.2. The van der Waals surface area contributed by atoms with E-state index in [1.807, 2.05) is 66.9 Å². The molecular formula is C35H41N6O9PS. The molecule has 7 atom stereocenters. The number of nitrogen functional groups attached to an aromatic ring is 1. The van der Waals surface area contributed by atoms with Crippen molar-refractivity contribution in [2.75, 3.05) is 31.5 Å². The van der Waals surface area contributed by atoms with Crippen molar-refractivity contribution in [2.45, 2.75) is 56.5 Å². The summed E-state index contributed by atoms with van der Waals surface area (Å²) in [6.07, 6.45) is -1.15. The third kappa shape index (κ3) is 7.88. The van der Waals surface area contributed by atoms with Crippen LogP contribution in [0.3, 0.4) is 0 Å².